The first-order valence-corrected chi connectivity index (χ1v) is 9.49. The number of anilines is 1. The molecular weight excluding hydrogens is 366 g/mol. The van der Waals surface area contributed by atoms with Gasteiger partial charge in [0, 0.05) is 35.4 Å². The van der Waals surface area contributed by atoms with Crippen molar-refractivity contribution in [2.24, 2.45) is 0 Å². The highest BCUT2D eigenvalue weighted by atomic mass is 35.5. The lowest BCUT2D eigenvalue weighted by atomic mass is 10.0. The van der Waals surface area contributed by atoms with E-state index in [2.05, 4.69) is 15.5 Å². The van der Waals surface area contributed by atoms with E-state index in [-0.39, 0.29) is 11.9 Å². The number of hydrogen-bond acceptors (Lipinski definition) is 2. The zero-order chi connectivity index (χ0) is 18.5. The number of benzene rings is 2. The van der Waals surface area contributed by atoms with Crippen molar-refractivity contribution in [2.75, 3.05) is 18.4 Å². The molecule has 136 valence electrons. The molecule has 2 aromatic rings. The van der Waals surface area contributed by atoms with E-state index in [1.165, 1.54) is 0 Å². The summed E-state index contributed by atoms with van der Waals surface area (Å²) in [5, 5.41) is 7.78. The summed E-state index contributed by atoms with van der Waals surface area (Å²) < 4.78 is 0. The molecule has 0 radical (unpaired) electrons. The van der Waals surface area contributed by atoms with Crippen LogP contribution < -0.4 is 10.6 Å². The third kappa shape index (κ3) is 4.96. The lowest BCUT2D eigenvalue weighted by Gasteiger charge is -2.34. The van der Waals surface area contributed by atoms with Crippen LogP contribution in [0.4, 0.5) is 5.69 Å². The molecule has 1 amide bonds. The third-order valence-electron chi connectivity index (χ3n) is 4.49. The summed E-state index contributed by atoms with van der Waals surface area (Å²) in [6, 6.07) is 15.3. The van der Waals surface area contributed by atoms with E-state index in [1.807, 2.05) is 55.5 Å². The number of likely N-dealkylation sites (tertiary alicyclic amines) is 1. The molecule has 4 nitrogen and oxygen atoms in total. The van der Waals surface area contributed by atoms with Crippen molar-refractivity contribution in [1.29, 1.82) is 0 Å². The Kier molecular flexibility index (Phi) is 6.12. The first kappa shape index (κ1) is 18.7. The van der Waals surface area contributed by atoms with Gasteiger partial charge in [0.25, 0.3) is 5.91 Å². The van der Waals surface area contributed by atoms with Gasteiger partial charge in [-0.2, -0.15) is 0 Å². The number of nitrogens with one attached hydrogen (secondary N) is 2. The van der Waals surface area contributed by atoms with Gasteiger partial charge < -0.3 is 15.5 Å². The number of thiocarbonyl (C=S) groups is 1. The Morgan fingerprint density at radius 3 is 2.50 bits per heavy atom. The fourth-order valence-corrected chi connectivity index (χ4v) is 3.44. The van der Waals surface area contributed by atoms with Gasteiger partial charge in [-0.25, -0.2) is 0 Å². The van der Waals surface area contributed by atoms with E-state index >= 15 is 0 Å². The van der Waals surface area contributed by atoms with Gasteiger partial charge in [0.15, 0.2) is 5.11 Å². The maximum Gasteiger partial charge on any atom is 0.251 e. The zero-order valence-electron chi connectivity index (χ0n) is 14.7. The van der Waals surface area contributed by atoms with E-state index < -0.39 is 0 Å². The molecule has 0 unspecified atom stereocenters. The second-order valence-electron chi connectivity index (χ2n) is 6.54. The number of amides is 1. The number of hydrogen-bond donors (Lipinski definition) is 2. The van der Waals surface area contributed by atoms with Gasteiger partial charge in [-0.05, 0) is 68.4 Å². The molecule has 1 fully saturated rings. The van der Waals surface area contributed by atoms with Gasteiger partial charge in [0.2, 0.25) is 0 Å². The molecule has 0 aliphatic carbocycles. The van der Waals surface area contributed by atoms with E-state index in [9.17, 15) is 4.79 Å². The minimum atomic E-state index is -0.00554. The van der Waals surface area contributed by atoms with Crippen molar-refractivity contribution in [3.05, 3.63) is 64.7 Å². The molecule has 1 aliphatic rings. The predicted octanol–water partition coefficient (Wildman–Crippen LogP) is 4.24. The van der Waals surface area contributed by atoms with Crippen LogP contribution in [0.2, 0.25) is 5.02 Å². The summed E-state index contributed by atoms with van der Waals surface area (Å²) in [5.41, 5.74) is 2.73. The van der Waals surface area contributed by atoms with Crippen LogP contribution in [0, 0.1) is 6.92 Å². The van der Waals surface area contributed by atoms with Crippen LogP contribution in [-0.4, -0.2) is 35.1 Å². The van der Waals surface area contributed by atoms with E-state index in [4.69, 9.17) is 23.8 Å². The van der Waals surface area contributed by atoms with Gasteiger partial charge in [-0.1, -0.05) is 29.3 Å². The Balaban J connectivity index is 1.48. The number of piperidine rings is 1. The molecular formula is C20H22ClN3OS. The number of carbonyl (C=O) groups excluding carboxylic acids is 1. The van der Waals surface area contributed by atoms with Gasteiger partial charge in [-0.3, -0.25) is 4.79 Å². The highest BCUT2D eigenvalue weighted by molar-refractivity contribution is 7.80. The maximum absolute atomic E-state index is 12.4. The van der Waals surface area contributed by atoms with Crippen molar-refractivity contribution in [3.63, 3.8) is 0 Å². The molecule has 1 heterocycles. The van der Waals surface area contributed by atoms with Crippen LogP contribution >= 0.6 is 23.8 Å². The van der Waals surface area contributed by atoms with Crippen LogP contribution in [0.1, 0.15) is 28.8 Å². The van der Waals surface area contributed by atoms with Crippen molar-refractivity contribution < 1.29 is 4.79 Å². The first-order chi connectivity index (χ1) is 12.5. The van der Waals surface area contributed by atoms with Gasteiger partial charge in [0.1, 0.15) is 0 Å². The number of carbonyl (C=O) groups is 1. The standard InChI is InChI=1S/C20H22ClN3OS/c1-14-3-2-4-15(13-14)19(25)22-18-9-11-24(12-10-18)20(26)23-17-7-5-16(21)6-8-17/h2-8,13,18H,9-12H2,1H3,(H,22,25)(H,23,26). The largest absolute Gasteiger partial charge is 0.349 e. The molecule has 2 N–H and O–H groups in total. The molecule has 6 heteroatoms. The lowest BCUT2D eigenvalue weighted by molar-refractivity contribution is 0.0922. The summed E-state index contributed by atoms with van der Waals surface area (Å²) in [4.78, 5) is 14.5. The zero-order valence-corrected chi connectivity index (χ0v) is 16.2. The molecule has 1 saturated heterocycles. The molecule has 26 heavy (non-hydrogen) atoms. The molecule has 0 aromatic heterocycles. The van der Waals surface area contributed by atoms with Crippen LogP contribution in [0.15, 0.2) is 48.5 Å². The summed E-state index contributed by atoms with van der Waals surface area (Å²) in [6.45, 7) is 3.63. The fraction of sp³-hybridized carbons (Fsp3) is 0.300. The third-order valence-corrected chi connectivity index (χ3v) is 5.11. The van der Waals surface area contributed by atoms with Crippen LogP contribution in [0.5, 0.6) is 0 Å². The Labute approximate surface area is 164 Å². The molecule has 1 aliphatic heterocycles. The second-order valence-corrected chi connectivity index (χ2v) is 7.36. The summed E-state index contributed by atoms with van der Waals surface area (Å²) in [6.07, 6.45) is 1.75. The average molecular weight is 388 g/mol. The quantitative estimate of drug-likeness (QED) is 0.773. The molecule has 0 saturated carbocycles. The lowest BCUT2D eigenvalue weighted by Crippen LogP contribution is -2.47. The highest BCUT2D eigenvalue weighted by Gasteiger charge is 2.22. The first-order valence-electron chi connectivity index (χ1n) is 8.70. The predicted molar refractivity (Wildman–Crippen MR) is 111 cm³/mol. The second kappa shape index (κ2) is 8.52. The van der Waals surface area contributed by atoms with Crippen LogP contribution in [0.3, 0.4) is 0 Å². The van der Waals surface area contributed by atoms with E-state index in [1.54, 1.807) is 0 Å². The smallest absolute Gasteiger partial charge is 0.251 e. The Morgan fingerprint density at radius 1 is 1.15 bits per heavy atom. The SMILES string of the molecule is Cc1cccc(C(=O)NC2CCN(C(=S)Nc3ccc(Cl)cc3)CC2)c1. The average Bonchev–Trinajstić information content (AvgIpc) is 2.64. The minimum Gasteiger partial charge on any atom is -0.349 e. The van der Waals surface area contributed by atoms with Gasteiger partial charge in [0.05, 0.1) is 0 Å². The monoisotopic (exact) mass is 387 g/mol. The van der Waals surface area contributed by atoms with Crippen LogP contribution in [-0.2, 0) is 0 Å². The normalized spacial score (nSPS) is 14.8. The van der Waals surface area contributed by atoms with Crippen molar-refractivity contribution in [3.8, 4) is 0 Å². The number of nitrogens with zero attached hydrogens (tertiary/aromatic N) is 1. The molecule has 0 bridgehead atoms. The van der Waals surface area contributed by atoms with Gasteiger partial charge >= 0.3 is 0 Å². The number of aryl methyl sites for hydroxylation is 1. The number of halogens is 1. The molecule has 2 aromatic carbocycles. The summed E-state index contributed by atoms with van der Waals surface area (Å²) in [5.74, 6) is -0.00554. The van der Waals surface area contributed by atoms with Gasteiger partial charge in [-0.15, -0.1) is 0 Å². The van der Waals surface area contributed by atoms with Crippen molar-refractivity contribution >= 4 is 40.5 Å². The highest BCUT2D eigenvalue weighted by Crippen LogP contribution is 2.16. The minimum absolute atomic E-state index is 0.00554. The van der Waals surface area contributed by atoms with Crippen LogP contribution in [0.25, 0.3) is 0 Å². The summed E-state index contributed by atoms with van der Waals surface area (Å²) in [7, 11) is 0. The Morgan fingerprint density at radius 2 is 1.85 bits per heavy atom. The summed E-state index contributed by atoms with van der Waals surface area (Å²) >= 11 is 11.4. The number of rotatable bonds is 3. The Hall–Kier alpha value is -2.11. The molecule has 3 rings (SSSR count). The Bertz CT molecular complexity index is 786. The van der Waals surface area contributed by atoms with E-state index in [0.717, 1.165) is 37.2 Å². The maximum atomic E-state index is 12.4. The molecule has 0 atom stereocenters. The fourth-order valence-electron chi connectivity index (χ4n) is 3.02. The van der Waals surface area contributed by atoms with E-state index in [0.29, 0.717) is 15.7 Å². The topological polar surface area (TPSA) is 44.4 Å². The van der Waals surface area contributed by atoms with Crippen molar-refractivity contribution in [2.45, 2.75) is 25.8 Å². The van der Waals surface area contributed by atoms with Crippen molar-refractivity contribution in [1.82, 2.24) is 10.2 Å². The molecule has 0 spiro atoms.